The first-order valence-corrected chi connectivity index (χ1v) is 13.6. The zero-order valence-corrected chi connectivity index (χ0v) is 23.7. The topological polar surface area (TPSA) is 97.1 Å². The summed E-state index contributed by atoms with van der Waals surface area (Å²) >= 11 is 0. The van der Waals surface area contributed by atoms with Crippen molar-refractivity contribution < 1.29 is 27.4 Å². The predicted octanol–water partition coefficient (Wildman–Crippen LogP) is 3.57. The molecule has 1 fully saturated rings. The van der Waals surface area contributed by atoms with E-state index in [2.05, 4.69) is 37.1 Å². The van der Waals surface area contributed by atoms with Crippen molar-refractivity contribution in [2.24, 2.45) is 0 Å². The highest BCUT2D eigenvalue weighted by atomic mass is 19.4. The molecule has 43 heavy (non-hydrogen) atoms. The van der Waals surface area contributed by atoms with E-state index in [-0.39, 0.29) is 23.4 Å². The fourth-order valence-corrected chi connectivity index (χ4v) is 4.52. The molecular formula is C30H30F3N7O3. The molecule has 5 rings (SSSR count). The number of ether oxygens (including phenoxy) is 2. The van der Waals surface area contributed by atoms with Crippen LogP contribution in [-0.2, 0) is 17.5 Å². The van der Waals surface area contributed by atoms with E-state index < -0.39 is 17.6 Å². The number of hydrogen-bond donors (Lipinski definition) is 1. The van der Waals surface area contributed by atoms with Gasteiger partial charge in [-0.05, 0) is 42.8 Å². The number of amides is 1. The molecule has 1 aliphatic rings. The van der Waals surface area contributed by atoms with Crippen molar-refractivity contribution in [3.05, 3.63) is 82.9 Å². The first-order chi connectivity index (χ1) is 20.7. The Kier molecular flexibility index (Phi) is 9.20. The van der Waals surface area contributed by atoms with Crippen molar-refractivity contribution in [2.75, 3.05) is 58.9 Å². The van der Waals surface area contributed by atoms with E-state index in [1.54, 1.807) is 25.4 Å². The summed E-state index contributed by atoms with van der Waals surface area (Å²) in [5.74, 6) is 5.68. The fraction of sp³-hybridized carbons (Fsp3) is 0.333. The van der Waals surface area contributed by atoms with Crippen LogP contribution in [0.25, 0.3) is 5.65 Å². The van der Waals surface area contributed by atoms with Crippen LogP contribution in [0.2, 0.25) is 0 Å². The van der Waals surface area contributed by atoms with Gasteiger partial charge in [0.15, 0.2) is 5.65 Å². The maximum Gasteiger partial charge on any atom is 0.416 e. The number of nitrogens with zero attached hydrogens (tertiary/aromatic N) is 6. The molecule has 0 atom stereocenters. The van der Waals surface area contributed by atoms with Crippen LogP contribution in [0.1, 0.15) is 32.7 Å². The molecule has 0 spiro atoms. The molecule has 13 heteroatoms. The molecule has 1 N–H and O–H groups in total. The van der Waals surface area contributed by atoms with Crippen LogP contribution in [0.4, 0.5) is 18.9 Å². The Morgan fingerprint density at radius 3 is 2.60 bits per heavy atom. The van der Waals surface area contributed by atoms with Crippen LogP contribution in [0.3, 0.4) is 0 Å². The van der Waals surface area contributed by atoms with Crippen molar-refractivity contribution in [2.45, 2.75) is 12.7 Å². The lowest BCUT2D eigenvalue weighted by Gasteiger charge is -2.33. The molecule has 1 amide bonds. The number of anilines is 1. The zero-order chi connectivity index (χ0) is 30.4. The van der Waals surface area contributed by atoms with Crippen LogP contribution < -0.4 is 10.1 Å². The van der Waals surface area contributed by atoms with Crippen LogP contribution in [0.15, 0.2) is 55.0 Å². The Morgan fingerprint density at radius 2 is 1.84 bits per heavy atom. The third-order valence-electron chi connectivity index (χ3n) is 6.87. The minimum absolute atomic E-state index is 0.0382. The number of methoxy groups -OCH3 is 1. The Morgan fingerprint density at radius 1 is 1.02 bits per heavy atom. The summed E-state index contributed by atoms with van der Waals surface area (Å²) in [5.41, 5.74) is 1.07. The maximum absolute atomic E-state index is 14.0. The average molecular weight is 594 g/mol. The standard InChI is InChI=1S/C30H30F3N7O3/c1-38-9-11-39(12-10-38)20-22-4-5-24(16-26(22)30(31,32)33)36-29(41)23-15-21(17-34-18-23)3-6-25-19-35-27-7-8-28(37-40(25)27)43-14-13-42-2/h4-5,7-8,15-19H,9-14,20H2,1-2H3,(H,36,41). The van der Waals surface area contributed by atoms with Crippen molar-refractivity contribution >= 4 is 17.2 Å². The van der Waals surface area contributed by atoms with Crippen molar-refractivity contribution in [1.82, 2.24) is 29.4 Å². The van der Waals surface area contributed by atoms with Gasteiger partial charge in [-0.15, -0.1) is 5.10 Å². The number of rotatable bonds is 8. The quantitative estimate of drug-likeness (QED) is 0.245. The molecule has 0 radical (unpaired) electrons. The Balaban J connectivity index is 1.30. The molecule has 224 valence electrons. The van der Waals surface area contributed by atoms with Crippen LogP contribution in [-0.4, -0.2) is 88.8 Å². The molecule has 0 saturated carbocycles. The van der Waals surface area contributed by atoms with Gasteiger partial charge in [0.1, 0.15) is 12.3 Å². The summed E-state index contributed by atoms with van der Waals surface area (Å²) in [7, 11) is 3.57. The minimum atomic E-state index is -4.57. The van der Waals surface area contributed by atoms with Gasteiger partial charge < -0.3 is 19.7 Å². The highest BCUT2D eigenvalue weighted by Crippen LogP contribution is 2.34. The van der Waals surface area contributed by atoms with E-state index in [4.69, 9.17) is 9.47 Å². The number of carbonyl (C=O) groups is 1. The van der Waals surface area contributed by atoms with Gasteiger partial charge in [-0.1, -0.05) is 12.0 Å². The molecular weight excluding hydrogens is 563 g/mol. The first kappa shape index (κ1) is 30.0. The average Bonchev–Trinajstić information content (AvgIpc) is 3.40. The summed E-state index contributed by atoms with van der Waals surface area (Å²) in [4.78, 5) is 25.5. The number of aromatic nitrogens is 4. The molecule has 0 unspecified atom stereocenters. The molecule has 3 aromatic heterocycles. The number of hydrogen-bond acceptors (Lipinski definition) is 8. The van der Waals surface area contributed by atoms with E-state index in [9.17, 15) is 18.0 Å². The van der Waals surface area contributed by atoms with Crippen molar-refractivity contribution in [3.63, 3.8) is 0 Å². The monoisotopic (exact) mass is 593 g/mol. The second-order valence-electron chi connectivity index (χ2n) is 10.0. The number of nitrogens with one attached hydrogen (secondary N) is 1. The fourth-order valence-electron chi connectivity index (χ4n) is 4.52. The normalized spacial score (nSPS) is 14.3. The molecule has 0 aliphatic carbocycles. The summed E-state index contributed by atoms with van der Waals surface area (Å²) in [6.45, 7) is 3.92. The summed E-state index contributed by atoms with van der Waals surface area (Å²) in [5, 5.41) is 6.95. The van der Waals surface area contributed by atoms with E-state index in [0.717, 1.165) is 19.2 Å². The Bertz CT molecular complexity index is 1650. The minimum Gasteiger partial charge on any atom is -0.474 e. The van der Waals surface area contributed by atoms with Crippen LogP contribution in [0.5, 0.6) is 5.88 Å². The smallest absolute Gasteiger partial charge is 0.416 e. The molecule has 10 nitrogen and oxygen atoms in total. The second-order valence-corrected chi connectivity index (χ2v) is 10.0. The highest BCUT2D eigenvalue weighted by Gasteiger charge is 2.34. The highest BCUT2D eigenvalue weighted by molar-refractivity contribution is 6.04. The third kappa shape index (κ3) is 7.66. The zero-order valence-electron chi connectivity index (χ0n) is 23.7. The van der Waals surface area contributed by atoms with Gasteiger partial charge in [0.2, 0.25) is 5.88 Å². The molecule has 4 aromatic rings. The number of piperazine rings is 1. The van der Waals surface area contributed by atoms with Crippen molar-refractivity contribution in [1.29, 1.82) is 0 Å². The number of carbonyl (C=O) groups excluding carboxylic acids is 1. The van der Waals surface area contributed by atoms with Crippen molar-refractivity contribution in [3.8, 4) is 17.7 Å². The number of alkyl halides is 3. The van der Waals surface area contributed by atoms with Gasteiger partial charge in [0.25, 0.3) is 5.91 Å². The van der Waals surface area contributed by atoms with Gasteiger partial charge in [0.05, 0.1) is 23.9 Å². The number of imidazole rings is 1. The van der Waals surface area contributed by atoms with Gasteiger partial charge >= 0.3 is 6.18 Å². The van der Waals surface area contributed by atoms with Gasteiger partial charge in [0, 0.05) is 69.5 Å². The Hall–Kier alpha value is -4.51. The number of benzene rings is 1. The second kappa shape index (κ2) is 13.2. The van der Waals surface area contributed by atoms with Crippen LogP contribution in [0, 0.1) is 11.8 Å². The maximum atomic E-state index is 14.0. The first-order valence-electron chi connectivity index (χ1n) is 13.6. The van der Waals surface area contributed by atoms with E-state index in [1.807, 2.05) is 11.9 Å². The number of halogens is 3. The predicted molar refractivity (Wildman–Crippen MR) is 153 cm³/mol. The molecule has 4 heterocycles. The third-order valence-corrected chi connectivity index (χ3v) is 6.87. The van der Waals surface area contributed by atoms with Crippen LogP contribution >= 0.6 is 0 Å². The molecule has 1 aromatic carbocycles. The SMILES string of the molecule is COCCOc1ccc2ncc(C#Cc3cncc(C(=O)Nc4ccc(CN5CCN(C)CC5)c(C(F)(F)F)c4)c3)n2n1. The lowest BCUT2D eigenvalue weighted by atomic mass is 10.0. The van der Waals surface area contributed by atoms with E-state index >= 15 is 0 Å². The molecule has 1 aliphatic heterocycles. The summed E-state index contributed by atoms with van der Waals surface area (Å²) in [6, 6.07) is 8.84. The van der Waals surface area contributed by atoms with E-state index in [0.29, 0.717) is 49.1 Å². The lowest BCUT2D eigenvalue weighted by molar-refractivity contribution is -0.138. The summed E-state index contributed by atoms with van der Waals surface area (Å²) < 4.78 is 53.9. The number of pyridine rings is 1. The Labute approximate surface area is 246 Å². The lowest BCUT2D eigenvalue weighted by Crippen LogP contribution is -2.44. The molecule has 0 bridgehead atoms. The largest absolute Gasteiger partial charge is 0.474 e. The number of likely N-dealkylation sites (N-methyl/N-ethyl adjacent to an activating group) is 1. The van der Waals surface area contributed by atoms with E-state index in [1.165, 1.54) is 35.1 Å². The molecule has 1 saturated heterocycles. The van der Waals surface area contributed by atoms with Gasteiger partial charge in [-0.25, -0.2) is 9.50 Å². The van der Waals surface area contributed by atoms with Gasteiger partial charge in [-0.2, -0.15) is 13.2 Å². The van der Waals surface area contributed by atoms with Gasteiger partial charge in [-0.3, -0.25) is 14.7 Å². The number of fused-ring (bicyclic) bond motifs is 1. The summed E-state index contributed by atoms with van der Waals surface area (Å²) in [6.07, 6.45) is -0.200.